The molecule has 1 aromatic carbocycles. The summed E-state index contributed by atoms with van der Waals surface area (Å²) in [5.74, 6) is 1.74. The number of methoxy groups -OCH3 is 2. The van der Waals surface area contributed by atoms with Crippen LogP contribution in [0.5, 0.6) is 11.5 Å². The number of nitrogens with two attached hydrogens (primary N) is 1. The predicted molar refractivity (Wildman–Crippen MR) is 94.4 cm³/mol. The lowest BCUT2D eigenvalue weighted by Crippen LogP contribution is -2.29. The zero-order valence-electron chi connectivity index (χ0n) is 12.9. The summed E-state index contributed by atoms with van der Waals surface area (Å²) in [6, 6.07) is 5.73. The molecule has 0 aliphatic carbocycles. The van der Waals surface area contributed by atoms with Crippen LogP contribution < -0.4 is 20.1 Å². The van der Waals surface area contributed by atoms with Crippen LogP contribution in [0.15, 0.2) is 29.0 Å². The van der Waals surface area contributed by atoms with Gasteiger partial charge in [-0.3, -0.25) is 9.69 Å². The molecule has 7 heteroatoms. The molecule has 2 N–H and O–H groups in total. The molecule has 1 aromatic heterocycles. The van der Waals surface area contributed by atoms with E-state index in [1.165, 1.54) is 0 Å². The zero-order chi connectivity index (χ0) is 16.4. The molecule has 1 amide bonds. The van der Waals surface area contributed by atoms with Gasteiger partial charge in [0.15, 0.2) is 11.5 Å². The van der Waals surface area contributed by atoms with Gasteiger partial charge in [0, 0.05) is 12.6 Å². The average molecular weight is 350 g/mol. The second-order valence-electron chi connectivity index (χ2n) is 5.02. The van der Waals surface area contributed by atoms with Crippen molar-refractivity contribution in [2.45, 2.75) is 11.9 Å². The van der Waals surface area contributed by atoms with Crippen LogP contribution in [0.2, 0.25) is 0 Å². The van der Waals surface area contributed by atoms with Crippen LogP contribution in [0, 0.1) is 0 Å². The first-order valence-corrected chi connectivity index (χ1v) is 9.09. The SMILES string of the molecule is COc1cc(CN)c(N2C(=O)CSC2c2ccsc2)cc1OC. The summed E-state index contributed by atoms with van der Waals surface area (Å²) in [6.45, 7) is 0.320. The summed E-state index contributed by atoms with van der Waals surface area (Å²) in [6.07, 6.45) is 0. The lowest BCUT2D eigenvalue weighted by atomic mass is 10.1. The zero-order valence-corrected chi connectivity index (χ0v) is 14.6. The van der Waals surface area contributed by atoms with Crippen molar-refractivity contribution in [1.82, 2.24) is 0 Å². The molecule has 0 spiro atoms. The van der Waals surface area contributed by atoms with Crippen LogP contribution in [0.1, 0.15) is 16.5 Å². The van der Waals surface area contributed by atoms with Crippen molar-refractivity contribution in [3.63, 3.8) is 0 Å². The third kappa shape index (κ3) is 2.91. The van der Waals surface area contributed by atoms with Gasteiger partial charge in [-0.05, 0) is 34.0 Å². The predicted octanol–water partition coefficient (Wildman–Crippen LogP) is 3.00. The van der Waals surface area contributed by atoms with Crippen LogP contribution in [0.4, 0.5) is 5.69 Å². The molecule has 2 heterocycles. The second kappa shape index (κ2) is 6.82. The highest BCUT2D eigenvalue weighted by Crippen LogP contribution is 2.45. The average Bonchev–Trinajstić information content (AvgIpc) is 3.22. The number of thioether (sulfide) groups is 1. The van der Waals surface area contributed by atoms with E-state index in [1.54, 1.807) is 37.3 Å². The van der Waals surface area contributed by atoms with Crippen LogP contribution in [-0.2, 0) is 11.3 Å². The standard InChI is InChI=1S/C16H18N2O3S2/c1-20-13-5-11(7-17)12(6-14(13)21-2)18-15(19)9-23-16(18)10-3-4-22-8-10/h3-6,8,16H,7,9,17H2,1-2H3. The quantitative estimate of drug-likeness (QED) is 0.898. The molecule has 23 heavy (non-hydrogen) atoms. The number of carbonyl (C=O) groups excluding carboxylic acids is 1. The Morgan fingerprint density at radius 3 is 2.65 bits per heavy atom. The summed E-state index contributed by atoms with van der Waals surface area (Å²) < 4.78 is 10.7. The van der Waals surface area contributed by atoms with Gasteiger partial charge in [-0.15, -0.1) is 11.8 Å². The Balaban J connectivity index is 2.09. The molecule has 0 radical (unpaired) electrons. The largest absolute Gasteiger partial charge is 0.493 e. The van der Waals surface area contributed by atoms with Gasteiger partial charge < -0.3 is 15.2 Å². The van der Waals surface area contributed by atoms with Crippen molar-refractivity contribution in [2.24, 2.45) is 5.73 Å². The Bertz CT molecular complexity index is 704. The van der Waals surface area contributed by atoms with Crippen molar-refractivity contribution >= 4 is 34.7 Å². The van der Waals surface area contributed by atoms with E-state index >= 15 is 0 Å². The van der Waals surface area contributed by atoms with Gasteiger partial charge in [0.1, 0.15) is 5.37 Å². The van der Waals surface area contributed by atoms with Crippen molar-refractivity contribution in [2.75, 3.05) is 24.9 Å². The topological polar surface area (TPSA) is 64.8 Å². The summed E-state index contributed by atoms with van der Waals surface area (Å²) in [7, 11) is 3.17. The number of amides is 1. The number of hydrogen-bond donors (Lipinski definition) is 1. The number of rotatable bonds is 5. The highest BCUT2D eigenvalue weighted by atomic mass is 32.2. The number of carbonyl (C=O) groups is 1. The van der Waals surface area contributed by atoms with Crippen molar-refractivity contribution in [3.8, 4) is 11.5 Å². The molecule has 1 atom stereocenters. The number of nitrogens with zero attached hydrogens (tertiary/aromatic N) is 1. The van der Waals surface area contributed by atoms with E-state index in [0.717, 1.165) is 16.8 Å². The fourth-order valence-corrected chi connectivity index (χ4v) is 4.57. The van der Waals surface area contributed by atoms with E-state index in [0.29, 0.717) is 23.8 Å². The summed E-state index contributed by atoms with van der Waals surface area (Å²) in [4.78, 5) is 14.3. The number of benzene rings is 1. The number of ether oxygens (including phenoxy) is 2. The minimum atomic E-state index is -0.0304. The maximum Gasteiger partial charge on any atom is 0.238 e. The first kappa shape index (κ1) is 16.2. The fraction of sp³-hybridized carbons (Fsp3) is 0.312. The molecule has 1 aliphatic heterocycles. The Kier molecular flexibility index (Phi) is 4.79. The lowest BCUT2D eigenvalue weighted by molar-refractivity contribution is -0.115. The van der Waals surface area contributed by atoms with Gasteiger partial charge in [0.25, 0.3) is 0 Å². The van der Waals surface area contributed by atoms with E-state index in [-0.39, 0.29) is 11.3 Å². The Hall–Kier alpha value is -1.70. The van der Waals surface area contributed by atoms with Crippen LogP contribution in [-0.4, -0.2) is 25.9 Å². The summed E-state index contributed by atoms with van der Waals surface area (Å²) in [5.41, 5.74) is 8.68. The third-order valence-corrected chi connectivity index (χ3v) is 5.67. The molecule has 1 unspecified atom stereocenters. The van der Waals surface area contributed by atoms with Gasteiger partial charge in [0.05, 0.1) is 25.7 Å². The number of anilines is 1. The van der Waals surface area contributed by atoms with Gasteiger partial charge in [0.2, 0.25) is 5.91 Å². The van der Waals surface area contributed by atoms with Crippen LogP contribution >= 0.6 is 23.1 Å². The maximum atomic E-state index is 12.5. The van der Waals surface area contributed by atoms with Gasteiger partial charge >= 0.3 is 0 Å². The molecule has 5 nitrogen and oxygen atoms in total. The van der Waals surface area contributed by atoms with E-state index < -0.39 is 0 Å². The molecule has 1 aliphatic rings. The molecule has 2 aromatic rings. The Morgan fingerprint density at radius 1 is 1.30 bits per heavy atom. The number of thiophene rings is 1. The molecular weight excluding hydrogens is 332 g/mol. The van der Waals surface area contributed by atoms with Crippen molar-refractivity contribution < 1.29 is 14.3 Å². The summed E-state index contributed by atoms with van der Waals surface area (Å²) in [5, 5.41) is 4.07. The summed E-state index contributed by atoms with van der Waals surface area (Å²) >= 11 is 3.25. The number of hydrogen-bond acceptors (Lipinski definition) is 6. The van der Waals surface area contributed by atoms with Crippen LogP contribution in [0.25, 0.3) is 0 Å². The first-order valence-electron chi connectivity index (χ1n) is 7.10. The highest BCUT2D eigenvalue weighted by molar-refractivity contribution is 8.00. The fourth-order valence-electron chi connectivity index (χ4n) is 2.64. The second-order valence-corrected chi connectivity index (χ2v) is 6.87. The Morgan fingerprint density at radius 2 is 2.04 bits per heavy atom. The molecule has 122 valence electrons. The Labute approximate surface area is 143 Å². The molecule has 1 saturated heterocycles. The smallest absolute Gasteiger partial charge is 0.238 e. The molecule has 1 fully saturated rings. The van der Waals surface area contributed by atoms with Crippen LogP contribution in [0.3, 0.4) is 0 Å². The van der Waals surface area contributed by atoms with Crippen molar-refractivity contribution in [3.05, 3.63) is 40.1 Å². The minimum absolute atomic E-state index is 0.0304. The normalized spacial score (nSPS) is 17.6. The molecule has 3 rings (SSSR count). The highest BCUT2D eigenvalue weighted by Gasteiger charge is 2.35. The third-order valence-electron chi connectivity index (χ3n) is 3.76. The van der Waals surface area contributed by atoms with Gasteiger partial charge in [-0.25, -0.2) is 0 Å². The van der Waals surface area contributed by atoms with E-state index in [2.05, 4.69) is 11.4 Å². The molecular formula is C16H18N2O3S2. The van der Waals surface area contributed by atoms with Crippen molar-refractivity contribution in [1.29, 1.82) is 0 Å². The van der Waals surface area contributed by atoms with E-state index in [9.17, 15) is 4.79 Å². The maximum absolute atomic E-state index is 12.5. The first-order chi connectivity index (χ1) is 11.2. The van der Waals surface area contributed by atoms with E-state index in [4.69, 9.17) is 15.2 Å². The monoisotopic (exact) mass is 350 g/mol. The van der Waals surface area contributed by atoms with Gasteiger partial charge in [-0.2, -0.15) is 11.3 Å². The molecule has 0 bridgehead atoms. The lowest BCUT2D eigenvalue weighted by Gasteiger charge is -2.26. The minimum Gasteiger partial charge on any atom is -0.493 e. The van der Waals surface area contributed by atoms with E-state index in [1.807, 2.05) is 22.4 Å². The van der Waals surface area contributed by atoms with Gasteiger partial charge in [-0.1, -0.05) is 0 Å². The molecule has 0 saturated carbocycles.